The number of aliphatic imine (C=N–C) groups is 1. The van der Waals surface area contributed by atoms with Crippen LogP contribution >= 0.6 is 11.6 Å². The standard InChI is InChI=1S/C15H16ClN3O2/c1-2-5-21-15-8-13(11(17)7-12(15)18)19-9-3-4-14(20)10(16)6-9/h3-4,6-8,18,20H,2,5,17H2,1H3/b18-12?,19-13-. The average Bonchev–Trinajstić information content (AvgIpc) is 2.44. The number of nitrogens with zero attached hydrogens (tertiary/aromatic N) is 1. The van der Waals surface area contributed by atoms with Gasteiger partial charge in [-0.05, 0) is 30.7 Å². The Balaban J connectivity index is 2.33. The lowest BCUT2D eigenvalue weighted by molar-refractivity contribution is 0.231. The number of aromatic hydroxyl groups is 1. The zero-order valence-electron chi connectivity index (χ0n) is 11.6. The highest BCUT2D eigenvalue weighted by molar-refractivity contribution is 6.32. The molecule has 0 saturated carbocycles. The summed E-state index contributed by atoms with van der Waals surface area (Å²) in [7, 11) is 0. The molecule has 4 N–H and O–H groups in total. The fourth-order valence-electron chi connectivity index (χ4n) is 1.72. The summed E-state index contributed by atoms with van der Waals surface area (Å²) in [6.07, 6.45) is 3.99. The Morgan fingerprint density at radius 2 is 2.14 bits per heavy atom. The average molecular weight is 306 g/mol. The second kappa shape index (κ2) is 6.45. The summed E-state index contributed by atoms with van der Waals surface area (Å²) in [6, 6.07) is 4.63. The van der Waals surface area contributed by atoms with Crippen molar-refractivity contribution in [2.45, 2.75) is 13.3 Å². The Kier molecular flexibility index (Phi) is 4.65. The van der Waals surface area contributed by atoms with E-state index >= 15 is 0 Å². The molecular formula is C15H16ClN3O2. The number of hydrogen-bond donors (Lipinski definition) is 3. The fourth-order valence-corrected chi connectivity index (χ4v) is 1.89. The number of benzene rings is 1. The quantitative estimate of drug-likeness (QED) is 0.745. The van der Waals surface area contributed by atoms with Crippen molar-refractivity contribution in [3.05, 3.63) is 46.8 Å². The number of phenolic OH excluding ortho intramolecular Hbond substituents is 1. The van der Waals surface area contributed by atoms with Crippen molar-refractivity contribution in [2.75, 3.05) is 6.61 Å². The third-order valence-electron chi connectivity index (χ3n) is 2.77. The van der Waals surface area contributed by atoms with Gasteiger partial charge in [-0.1, -0.05) is 18.5 Å². The Morgan fingerprint density at radius 3 is 2.81 bits per heavy atom. The van der Waals surface area contributed by atoms with E-state index in [1.807, 2.05) is 6.92 Å². The highest BCUT2D eigenvalue weighted by atomic mass is 35.5. The summed E-state index contributed by atoms with van der Waals surface area (Å²) in [5.41, 5.74) is 7.55. The molecule has 0 aromatic heterocycles. The van der Waals surface area contributed by atoms with Crippen LogP contribution in [0.4, 0.5) is 5.69 Å². The van der Waals surface area contributed by atoms with Crippen LogP contribution in [0.5, 0.6) is 5.75 Å². The molecule has 1 aliphatic carbocycles. The normalized spacial score (nSPS) is 16.7. The molecule has 110 valence electrons. The summed E-state index contributed by atoms with van der Waals surface area (Å²) in [5, 5.41) is 17.4. The molecule has 0 spiro atoms. The van der Waals surface area contributed by atoms with Gasteiger partial charge in [0.25, 0.3) is 0 Å². The van der Waals surface area contributed by atoms with E-state index in [9.17, 15) is 5.11 Å². The first-order valence-electron chi connectivity index (χ1n) is 6.49. The van der Waals surface area contributed by atoms with Gasteiger partial charge in [0.05, 0.1) is 34.4 Å². The lowest BCUT2D eigenvalue weighted by Gasteiger charge is -2.15. The minimum Gasteiger partial charge on any atom is -0.506 e. The van der Waals surface area contributed by atoms with Gasteiger partial charge >= 0.3 is 0 Å². The third-order valence-corrected chi connectivity index (χ3v) is 3.07. The molecule has 2 rings (SSSR count). The first-order valence-corrected chi connectivity index (χ1v) is 6.87. The summed E-state index contributed by atoms with van der Waals surface area (Å²) < 4.78 is 5.49. The predicted molar refractivity (Wildman–Crippen MR) is 84.5 cm³/mol. The zero-order chi connectivity index (χ0) is 15.4. The van der Waals surface area contributed by atoms with Crippen molar-refractivity contribution in [1.29, 1.82) is 5.41 Å². The lowest BCUT2D eigenvalue weighted by atomic mass is 10.1. The van der Waals surface area contributed by atoms with E-state index in [1.54, 1.807) is 12.1 Å². The van der Waals surface area contributed by atoms with Crippen molar-refractivity contribution < 1.29 is 9.84 Å². The van der Waals surface area contributed by atoms with E-state index < -0.39 is 0 Å². The van der Waals surface area contributed by atoms with E-state index in [-0.39, 0.29) is 16.5 Å². The molecule has 0 bridgehead atoms. The molecule has 21 heavy (non-hydrogen) atoms. The molecule has 1 aliphatic rings. The minimum atomic E-state index is -0.00272. The van der Waals surface area contributed by atoms with E-state index in [0.29, 0.717) is 29.5 Å². The molecule has 1 aromatic rings. The molecule has 0 atom stereocenters. The van der Waals surface area contributed by atoms with Crippen LogP contribution in [0.25, 0.3) is 0 Å². The number of allylic oxidation sites excluding steroid dienone is 2. The van der Waals surface area contributed by atoms with Gasteiger partial charge in [-0.25, -0.2) is 4.99 Å². The largest absolute Gasteiger partial charge is 0.506 e. The second-order valence-electron chi connectivity index (χ2n) is 4.50. The summed E-state index contributed by atoms with van der Waals surface area (Å²) in [6.45, 7) is 2.52. The van der Waals surface area contributed by atoms with E-state index in [4.69, 9.17) is 27.5 Å². The van der Waals surface area contributed by atoms with Crippen LogP contribution in [0, 0.1) is 5.41 Å². The zero-order valence-corrected chi connectivity index (χ0v) is 12.3. The Morgan fingerprint density at radius 1 is 1.38 bits per heavy atom. The van der Waals surface area contributed by atoms with Gasteiger partial charge in [-0.15, -0.1) is 0 Å². The van der Waals surface area contributed by atoms with Gasteiger partial charge in [-0.2, -0.15) is 0 Å². The molecule has 0 fully saturated rings. The van der Waals surface area contributed by atoms with Crippen molar-refractivity contribution >= 4 is 28.7 Å². The summed E-state index contributed by atoms with van der Waals surface area (Å²) in [4.78, 5) is 4.37. The van der Waals surface area contributed by atoms with E-state index in [1.165, 1.54) is 18.2 Å². The Bertz CT molecular complexity index is 663. The molecule has 6 heteroatoms. The van der Waals surface area contributed by atoms with Crippen LogP contribution in [-0.4, -0.2) is 23.1 Å². The molecule has 0 radical (unpaired) electrons. The van der Waals surface area contributed by atoms with Crippen LogP contribution in [0.2, 0.25) is 5.02 Å². The SMILES string of the molecule is CCCOC1=C/C(=N/c2ccc(O)c(Cl)c2)C(N)=CC1=N. The third kappa shape index (κ3) is 3.64. The summed E-state index contributed by atoms with van der Waals surface area (Å²) >= 11 is 5.85. The van der Waals surface area contributed by atoms with E-state index in [2.05, 4.69) is 4.99 Å². The Hall–Kier alpha value is -2.27. The van der Waals surface area contributed by atoms with Gasteiger partial charge < -0.3 is 15.6 Å². The van der Waals surface area contributed by atoms with Crippen LogP contribution in [0.15, 0.2) is 46.8 Å². The predicted octanol–water partition coefficient (Wildman–Crippen LogP) is 3.30. The molecule has 0 unspecified atom stereocenters. The topological polar surface area (TPSA) is 91.7 Å². The second-order valence-corrected chi connectivity index (χ2v) is 4.91. The van der Waals surface area contributed by atoms with Crippen LogP contribution in [0.1, 0.15) is 13.3 Å². The first-order chi connectivity index (χ1) is 10.0. The van der Waals surface area contributed by atoms with Gasteiger partial charge in [0.15, 0.2) is 0 Å². The number of nitrogens with two attached hydrogens (primary N) is 1. The van der Waals surface area contributed by atoms with Crippen molar-refractivity contribution in [1.82, 2.24) is 0 Å². The number of phenols is 1. The van der Waals surface area contributed by atoms with Gasteiger partial charge in [0, 0.05) is 6.08 Å². The molecule has 5 nitrogen and oxygen atoms in total. The molecule has 0 aliphatic heterocycles. The Labute approximate surface area is 127 Å². The lowest BCUT2D eigenvalue weighted by Crippen LogP contribution is -2.19. The number of nitrogens with one attached hydrogen (secondary N) is 1. The molecule has 0 heterocycles. The highest BCUT2D eigenvalue weighted by Crippen LogP contribution is 2.28. The number of ether oxygens (including phenoxy) is 1. The number of rotatable bonds is 4. The molecular weight excluding hydrogens is 290 g/mol. The number of halogens is 1. The van der Waals surface area contributed by atoms with E-state index in [0.717, 1.165) is 6.42 Å². The monoisotopic (exact) mass is 305 g/mol. The molecule has 0 amide bonds. The van der Waals surface area contributed by atoms with Crippen molar-refractivity contribution in [2.24, 2.45) is 10.7 Å². The highest BCUT2D eigenvalue weighted by Gasteiger charge is 2.15. The van der Waals surface area contributed by atoms with Gasteiger partial charge in [0.2, 0.25) is 0 Å². The fraction of sp³-hybridized carbons (Fsp3) is 0.200. The maximum atomic E-state index is 9.40. The van der Waals surface area contributed by atoms with Gasteiger partial charge in [0.1, 0.15) is 11.5 Å². The van der Waals surface area contributed by atoms with Crippen LogP contribution < -0.4 is 5.73 Å². The molecule has 0 saturated heterocycles. The number of hydrogen-bond acceptors (Lipinski definition) is 5. The minimum absolute atomic E-state index is 0.00272. The molecule has 1 aromatic carbocycles. The maximum absolute atomic E-state index is 9.40. The maximum Gasteiger partial charge on any atom is 0.146 e. The van der Waals surface area contributed by atoms with Crippen molar-refractivity contribution in [3.63, 3.8) is 0 Å². The smallest absolute Gasteiger partial charge is 0.146 e. The van der Waals surface area contributed by atoms with Gasteiger partial charge in [-0.3, -0.25) is 5.41 Å². The summed E-state index contributed by atoms with van der Waals surface area (Å²) in [5.74, 6) is 0.437. The van der Waals surface area contributed by atoms with Crippen LogP contribution in [0.3, 0.4) is 0 Å². The van der Waals surface area contributed by atoms with Crippen LogP contribution in [-0.2, 0) is 4.74 Å². The van der Waals surface area contributed by atoms with Crippen molar-refractivity contribution in [3.8, 4) is 5.75 Å². The first kappa shape index (κ1) is 15.1.